The summed E-state index contributed by atoms with van der Waals surface area (Å²) in [5.41, 5.74) is 8.12. The highest BCUT2D eigenvalue weighted by Crippen LogP contribution is 2.40. The molecule has 2 aromatic rings. The molecule has 0 aromatic carbocycles. The molecule has 3 aliphatic rings. The fourth-order valence-electron chi connectivity index (χ4n) is 5.32. The predicted octanol–water partition coefficient (Wildman–Crippen LogP) is 3.91. The van der Waals surface area contributed by atoms with E-state index in [2.05, 4.69) is 42.1 Å². The van der Waals surface area contributed by atoms with Gasteiger partial charge < -0.3 is 14.6 Å². The Morgan fingerprint density at radius 1 is 1.25 bits per heavy atom. The Bertz CT molecular complexity index is 1210. The number of amides is 1. The van der Waals surface area contributed by atoms with Crippen molar-refractivity contribution in [2.24, 2.45) is 5.41 Å². The second-order valence-electron chi connectivity index (χ2n) is 9.92. The Morgan fingerprint density at radius 2 is 2.03 bits per heavy atom. The quantitative estimate of drug-likeness (QED) is 0.802. The van der Waals surface area contributed by atoms with Crippen molar-refractivity contribution in [2.75, 3.05) is 18.5 Å². The molecule has 0 saturated carbocycles. The lowest BCUT2D eigenvalue weighted by Crippen LogP contribution is -2.41. The normalized spacial score (nSPS) is 19.7. The Morgan fingerprint density at radius 3 is 2.75 bits per heavy atom. The molecule has 0 spiro atoms. The molecule has 2 aliphatic heterocycles. The topological polar surface area (TPSA) is 61.6 Å². The Kier molecular flexibility index (Phi) is 4.67. The van der Waals surface area contributed by atoms with Gasteiger partial charge in [-0.25, -0.2) is 4.98 Å². The number of carbonyl (C=O) groups excluding carboxylic acids is 1. The fraction of sp³-hybridized carbons (Fsp3) is 0.385. The monoisotopic (exact) mass is 430 g/mol. The smallest absolute Gasteiger partial charge is 0.276 e. The van der Waals surface area contributed by atoms with Crippen LogP contribution in [0.5, 0.6) is 0 Å². The Hall–Kier alpha value is -3.12. The molecule has 0 unspecified atom stereocenters. The van der Waals surface area contributed by atoms with Gasteiger partial charge in [-0.2, -0.15) is 0 Å². The van der Waals surface area contributed by atoms with Crippen molar-refractivity contribution in [3.05, 3.63) is 76.5 Å². The van der Waals surface area contributed by atoms with E-state index in [1.807, 2.05) is 31.1 Å². The second-order valence-corrected chi connectivity index (χ2v) is 9.92. The summed E-state index contributed by atoms with van der Waals surface area (Å²) >= 11 is 0. The molecular weight excluding hydrogens is 400 g/mol. The van der Waals surface area contributed by atoms with Gasteiger partial charge >= 0.3 is 0 Å². The zero-order valence-electron chi connectivity index (χ0n) is 19.3. The van der Waals surface area contributed by atoms with Crippen molar-refractivity contribution in [1.82, 2.24) is 14.5 Å². The van der Waals surface area contributed by atoms with Gasteiger partial charge in [-0.1, -0.05) is 20.4 Å². The molecule has 5 rings (SSSR count). The van der Waals surface area contributed by atoms with Gasteiger partial charge in [0.25, 0.3) is 5.91 Å². The molecule has 4 heterocycles. The lowest BCUT2D eigenvalue weighted by molar-refractivity contribution is 0.0962. The van der Waals surface area contributed by atoms with Gasteiger partial charge in [-0.3, -0.25) is 9.69 Å². The maximum atomic E-state index is 13.5. The number of likely N-dealkylation sites (N-methyl/N-ethyl adjacent to an activating group) is 1. The molecule has 0 atom stereocenters. The molecule has 1 aliphatic carbocycles. The maximum absolute atomic E-state index is 13.5. The number of hydrogen-bond donors (Lipinski definition) is 1. The molecule has 0 fully saturated rings. The minimum atomic E-state index is -0.192. The minimum absolute atomic E-state index is 0.0438. The fourth-order valence-corrected chi connectivity index (χ4v) is 5.32. The number of fused-ring (bicyclic) bond motifs is 3. The van der Waals surface area contributed by atoms with Crippen LogP contribution in [0.25, 0.3) is 5.57 Å². The summed E-state index contributed by atoms with van der Waals surface area (Å²) in [4.78, 5) is 21.8. The number of hydrogen-bond acceptors (Lipinski definition) is 4. The predicted molar refractivity (Wildman–Crippen MR) is 126 cm³/mol. The Labute approximate surface area is 189 Å². The van der Waals surface area contributed by atoms with Crippen LogP contribution < -0.4 is 4.90 Å². The van der Waals surface area contributed by atoms with Gasteiger partial charge in [0.15, 0.2) is 0 Å². The average Bonchev–Trinajstić information content (AvgIpc) is 3.23. The Balaban J connectivity index is 1.53. The molecule has 0 saturated heterocycles. The van der Waals surface area contributed by atoms with E-state index in [-0.39, 0.29) is 17.9 Å². The highest BCUT2D eigenvalue weighted by Gasteiger charge is 2.37. The van der Waals surface area contributed by atoms with Crippen LogP contribution in [0.4, 0.5) is 5.82 Å². The zero-order valence-corrected chi connectivity index (χ0v) is 19.3. The van der Waals surface area contributed by atoms with E-state index in [0.29, 0.717) is 17.9 Å². The molecule has 166 valence electrons. The summed E-state index contributed by atoms with van der Waals surface area (Å²) in [6.45, 7) is 11.8. The third-order valence-corrected chi connectivity index (χ3v) is 6.97. The molecule has 0 bridgehead atoms. The van der Waals surface area contributed by atoms with Gasteiger partial charge in [-0.05, 0) is 65.7 Å². The van der Waals surface area contributed by atoms with Crippen LogP contribution >= 0.6 is 0 Å². The number of pyridine rings is 1. The zero-order chi connectivity index (χ0) is 22.8. The largest absolute Gasteiger partial charge is 0.392 e. The van der Waals surface area contributed by atoms with Crippen LogP contribution in [-0.2, 0) is 26.0 Å². The van der Waals surface area contributed by atoms with Gasteiger partial charge in [0.2, 0.25) is 0 Å². The molecule has 32 heavy (non-hydrogen) atoms. The molecule has 1 N–H and O–H groups in total. The van der Waals surface area contributed by atoms with Crippen molar-refractivity contribution in [3.8, 4) is 0 Å². The van der Waals surface area contributed by atoms with Crippen molar-refractivity contribution in [3.63, 3.8) is 0 Å². The first-order valence-electron chi connectivity index (χ1n) is 11.1. The number of carbonyl (C=O) groups is 1. The molecular formula is C26H30N4O2. The first-order chi connectivity index (χ1) is 15.2. The van der Waals surface area contributed by atoms with E-state index >= 15 is 0 Å². The SMILES string of the molecule is C=C1C(C)=CC(c2ccnc(N3CCn4c(cc5c4CC(C)(C)C5)C3=O)c2CO)=CN1C. The highest BCUT2D eigenvalue weighted by atomic mass is 16.3. The molecule has 2 aromatic heterocycles. The van der Waals surface area contributed by atoms with Gasteiger partial charge in [0, 0.05) is 49.5 Å². The first-order valence-corrected chi connectivity index (χ1v) is 11.1. The number of aliphatic hydroxyl groups excluding tert-OH is 1. The molecule has 0 radical (unpaired) electrons. The summed E-state index contributed by atoms with van der Waals surface area (Å²) < 4.78 is 2.20. The third-order valence-electron chi connectivity index (χ3n) is 6.97. The summed E-state index contributed by atoms with van der Waals surface area (Å²) in [5.74, 6) is 0.500. The van der Waals surface area contributed by atoms with E-state index in [4.69, 9.17) is 0 Å². The number of rotatable bonds is 3. The van der Waals surface area contributed by atoms with Crippen molar-refractivity contribution in [2.45, 2.75) is 46.8 Å². The van der Waals surface area contributed by atoms with Gasteiger partial charge in [-0.15, -0.1) is 0 Å². The third kappa shape index (κ3) is 3.13. The van der Waals surface area contributed by atoms with Gasteiger partial charge in [0.1, 0.15) is 11.5 Å². The summed E-state index contributed by atoms with van der Waals surface area (Å²) in [6.07, 6.45) is 7.80. The lowest BCUT2D eigenvalue weighted by atomic mass is 9.90. The summed E-state index contributed by atoms with van der Waals surface area (Å²) in [6, 6.07) is 3.97. The molecule has 6 nitrogen and oxygen atoms in total. The van der Waals surface area contributed by atoms with Crippen LogP contribution in [0.2, 0.25) is 0 Å². The number of allylic oxidation sites excluding steroid dienone is 3. The highest BCUT2D eigenvalue weighted by molar-refractivity contribution is 6.06. The number of aromatic nitrogens is 2. The maximum Gasteiger partial charge on any atom is 0.276 e. The van der Waals surface area contributed by atoms with Crippen LogP contribution in [0, 0.1) is 5.41 Å². The van der Waals surface area contributed by atoms with Crippen molar-refractivity contribution >= 4 is 17.3 Å². The number of anilines is 1. The van der Waals surface area contributed by atoms with Crippen molar-refractivity contribution < 1.29 is 9.90 Å². The second kappa shape index (κ2) is 7.20. The molecule has 1 amide bonds. The van der Waals surface area contributed by atoms with E-state index < -0.39 is 0 Å². The van der Waals surface area contributed by atoms with Crippen LogP contribution in [0.1, 0.15) is 53.6 Å². The van der Waals surface area contributed by atoms with Crippen LogP contribution in [-0.4, -0.2) is 39.1 Å². The summed E-state index contributed by atoms with van der Waals surface area (Å²) in [7, 11) is 1.96. The minimum Gasteiger partial charge on any atom is -0.392 e. The number of aliphatic hydroxyl groups is 1. The average molecular weight is 431 g/mol. The van der Waals surface area contributed by atoms with Crippen LogP contribution in [0.3, 0.4) is 0 Å². The number of nitrogens with zero attached hydrogens (tertiary/aromatic N) is 4. The first kappa shape index (κ1) is 20.8. The van der Waals surface area contributed by atoms with E-state index in [1.54, 1.807) is 11.1 Å². The van der Waals surface area contributed by atoms with E-state index in [9.17, 15) is 9.90 Å². The molecule has 6 heteroatoms. The van der Waals surface area contributed by atoms with Gasteiger partial charge in [0.05, 0.1) is 6.61 Å². The van der Waals surface area contributed by atoms with Crippen LogP contribution in [0.15, 0.2) is 48.5 Å². The van der Waals surface area contributed by atoms with E-state index in [1.165, 1.54) is 11.3 Å². The standard InChI is InChI=1S/C26H30N4O2/c1-16-10-19(14-28(5)17(16)2)20-6-7-27-24(21(20)15-31)30-9-8-29-22(25(30)32)11-18-12-26(3,4)13-23(18)29/h6-7,10-11,14,31H,2,8-9,12-13,15H2,1,3-5H3. The van der Waals surface area contributed by atoms with E-state index in [0.717, 1.165) is 47.5 Å². The summed E-state index contributed by atoms with van der Waals surface area (Å²) in [5, 5.41) is 10.3. The van der Waals surface area contributed by atoms with Crippen molar-refractivity contribution in [1.29, 1.82) is 0 Å². The lowest BCUT2D eigenvalue weighted by Gasteiger charge is -2.31.